The Morgan fingerprint density at radius 2 is 2.08 bits per heavy atom. The number of nitrogen functional groups attached to an aromatic ring is 1. The smallest absolute Gasteiger partial charge is 0.226 e. The van der Waals surface area contributed by atoms with Crippen LogP contribution in [0.25, 0.3) is 11.2 Å². The van der Waals surface area contributed by atoms with Gasteiger partial charge in [-0.15, -0.1) is 0 Å². The lowest BCUT2D eigenvalue weighted by atomic mass is 10.5. The number of anilines is 1. The lowest BCUT2D eigenvalue weighted by Gasteiger charge is -1.96. The summed E-state index contributed by atoms with van der Waals surface area (Å²) in [6.07, 6.45) is 0. The van der Waals surface area contributed by atoms with Gasteiger partial charge in [0, 0.05) is 7.05 Å². The molecular formula is C6H5BrClN5. The summed E-state index contributed by atoms with van der Waals surface area (Å²) in [4.78, 5) is 11.9. The molecule has 0 aliphatic heterocycles. The highest BCUT2D eigenvalue weighted by Crippen LogP contribution is 2.21. The summed E-state index contributed by atoms with van der Waals surface area (Å²) in [7, 11) is 1.81. The van der Waals surface area contributed by atoms with Crippen LogP contribution in [0.4, 0.5) is 5.82 Å². The van der Waals surface area contributed by atoms with Crippen molar-refractivity contribution < 1.29 is 0 Å². The minimum Gasteiger partial charge on any atom is -0.382 e. The van der Waals surface area contributed by atoms with Crippen LogP contribution in [0, 0.1) is 0 Å². The molecule has 7 heteroatoms. The summed E-state index contributed by atoms with van der Waals surface area (Å²) in [6, 6.07) is 0. The van der Waals surface area contributed by atoms with Crippen molar-refractivity contribution in [3.05, 3.63) is 10.0 Å². The molecule has 2 N–H and O–H groups in total. The number of aryl methyl sites for hydroxylation is 1. The van der Waals surface area contributed by atoms with E-state index in [0.717, 1.165) is 0 Å². The third-order valence-corrected chi connectivity index (χ3v) is 2.54. The summed E-state index contributed by atoms with van der Waals surface area (Å²) in [5.74, 6) is 0.288. The van der Waals surface area contributed by atoms with Crippen LogP contribution in [-0.4, -0.2) is 19.5 Å². The Kier molecular flexibility index (Phi) is 1.88. The molecule has 0 saturated heterocycles. The zero-order valence-electron chi connectivity index (χ0n) is 6.62. The lowest BCUT2D eigenvalue weighted by Crippen LogP contribution is -1.96. The Balaban J connectivity index is 2.94. The van der Waals surface area contributed by atoms with E-state index in [4.69, 9.17) is 17.3 Å². The van der Waals surface area contributed by atoms with Gasteiger partial charge in [-0.25, -0.2) is 4.98 Å². The van der Waals surface area contributed by atoms with Crippen LogP contribution in [0.5, 0.6) is 0 Å². The average Bonchev–Trinajstić information content (AvgIpc) is 2.32. The second kappa shape index (κ2) is 2.81. The predicted molar refractivity (Wildman–Crippen MR) is 53.4 cm³/mol. The third kappa shape index (κ3) is 1.26. The lowest BCUT2D eigenvalue weighted by molar-refractivity contribution is 0.896. The zero-order chi connectivity index (χ0) is 9.59. The van der Waals surface area contributed by atoms with E-state index < -0.39 is 0 Å². The van der Waals surface area contributed by atoms with Gasteiger partial charge in [0.05, 0.1) is 0 Å². The Bertz CT molecular complexity index is 479. The molecule has 0 radical (unpaired) electrons. The van der Waals surface area contributed by atoms with Crippen molar-refractivity contribution in [2.24, 2.45) is 7.05 Å². The number of nitrogens with two attached hydrogens (primary N) is 1. The van der Waals surface area contributed by atoms with E-state index in [1.165, 1.54) is 0 Å². The number of rotatable bonds is 0. The summed E-state index contributed by atoms with van der Waals surface area (Å²) in [5, 5.41) is 0.125. The summed E-state index contributed by atoms with van der Waals surface area (Å²) >= 11 is 8.90. The molecule has 0 unspecified atom stereocenters. The first-order valence-corrected chi connectivity index (χ1v) is 4.57. The van der Waals surface area contributed by atoms with E-state index in [1.54, 1.807) is 4.57 Å². The minimum absolute atomic E-state index is 0.125. The molecule has 0 amide bonds. The fourth-order valence-electron chi connectivity index (χ4n) is 1.03. The highest BCUT2D eigenvalue weighted by molar-refractivity contribution is 9.10. The van der Waals surface area contributed by atoms with Gasteiger partial charge in [-0.3, -0.25) is 0 Å². The minimum atomic E-state index is 0.125. The van der Waals surface area contributed by atoms with E-state index in [1.807, 2.05) is 7.05 Å². The largest absolute Gasteiger partial charge is 0.382 e. The van der Waals surface area contributed by atoms with Crippen LogP contribution in [0.3, 0.4) is 0 Å². The van der Waals surface area contributed by atoms with Crippen LogP contribution in [0.1, 0.15) is 0 Å². The molecule has 2 aromatic heterocycles. The first-order chi connectivity index (χ1) is 6.09. The third-order valence-electron chi connectivity index (χ3n) is 1.66. The van der Waals surface area contributed by atoms with Crippen LogP contribution < -0.4 is 5.73 Å². The second-order valence-corrected chi connectivity index (χ2v) is 3.54. The van der Waals surface area contributed by atoms with Crippen molar-refractivity contribution in [3.8, 4) is 0 Å². The van der Waals surface area contributed by atoms with Gasteiger partial charge in [0.25, 0.3) is 0 Å². The summed E-state index contributed by atoms with van der Waals surface area (Å²) in [5.41, 5.74) is 6.78. The second-order valence-electron chi connectivity index (χ2n) is 2.49. The molecular weight excluding hydrogens is 257 g/mol. The SMILES string of the molecule is Cn1c(Br)nc2c(N)nc(Cl)nc21. The molecule has 0 aromatic carbocycles. The molecule has 13 heavy (non-hydrogen) atoms. The van der Waals surface area contributed by atoms with Crippen molar-refractivity contribution >= 4 is 44.5 Å². The van der Waals surface area contributed by atoms with Gasteiger partial charge in [0.2, 0.25) is 5.28 Å². The van der Waals surface area contributed by atoms with Crippen molar-refractivity contribution in [2.45, 2.75) is 0 Å². The molecule has 2 aromatic rings. The Labute approximate surface area is 87.1 Å². The van der Waals surface area contributed by atoms with Gasteiger partial charge in [0.1, 0.15) is 0 Å². The molecule has 5 nitrogen and oxygen atoms in total. The van der Waals surface area contributed by atoms with Crippen molar-refractivity contribution in [1.82, 2.24) is 19.5 Å². The van der Waals surface area contributed by atoms with E-state index in [9.17, 15) is 0 Å². The Hall–Kier alpha value is -0.880. The maximum absolute atomic E-state index is 5.65. The zero-order valence-corrected chi connectivity index (χ0v) is 8.96. The highest BCUT2D eigenvalue weighted by Gasteiger charge is 2.11. The molecule has 0 spiro atoms. The average molecular weight is 262 g/mol. The summed E-state index contributed by atoms with van der Waals surface area (Å²) < 4.78 is 2.38. The molecule has 0 fully saturated rings. The number of imidazole rings is 1. The quantitative estimate of drug-likeness (QED) is 0.575. The van der Waals surface area contributed by atoms with Gasteiger partial charge in [-0.1, -0.05) is 0 Å². The van der Waals surface area contributed by atoms with Gasteiger partial charge in [-0.05, 0) is 27.5 Å². The number of hydrogen-bond acceptors (Lipinski definition) is 4. The van der Waals surface area contributed by atoms with Gasteiger partial charge < -0.3 is 10.3 Å². The molecule has 0 saturated carbocycles. The molecule has 0 aliphatic carbocycles. The molecule has 2 heterocycles. The molecule has 68 valence electrons. The number of fused-ring (bicyclic) bond motifs is 1. The van der Waals surface area contributed by atoms with E-state index in [0.29, 0.717) is 15.9 Å². The van der Waals surface area contributed by atoms with Crippen molar-refractivity contribution in [3.63, 3.8) is 0 Å². The maximum atomic E-state index is 5.65. The first kappa shape index (κ1) is 8.71. The van der Waals surface area contributed by atoms with Crippen molar-refractivity contribution in [2.75, 3.05) is 5.73 Å². The van der Waals surface area contributed by atoms with Gasteiger partial charge in [-0.2, -0.15) is 9.97 Å². The number of hydrogen-bond donors (Lipinski definition) is 1. The Morgan fingerprint density at radius 3 is 2.77 bits per heavy atom. The van der Waals surface area contributed by atoms with Crippen LogP contribution in [-0.2, 0) is 7.05 Å². The molecule has 2 rings (SSSR count). The number of halogens is 2. The molecule has 0 aliphatic rings. The monoisotopic (exact) mass is 261 g/mol. The van der Waals surface area contributed by atoms with Crippen LogP contribution in [0.2, 0.25) is 5.28 Å². The van der Waals surface area contributed by atoms with E-state index >= 15 is 0 Å². The van der Waals surface area contributed by atoms with E-state index in [2.05, 4.69) is 30.9 Å². The van der Waals surface area contributed by atoms with Crippen molar-refractivity contribution in [1.29, 1.82) is 0 Å². The molecule has 0 atom stereocenters. The van der Waals surface area contributed by atoms with Gasteiger partial charge >= 0.3 is 0 Å². The summed E-state index contributed by atoms with van der Waals surface area (Å²) in [6.45, 7) is 0. The standard InChI is InChI=1S/C6H5BrClN5/c1-13-4-2(10-5(13)7)3(9)11-6(8)12-4/h1H3,(H2,9,11,12). The topological polar surface area (TPSA) is 69.6 Å². The van der Waals surface area contributed by atoms with Crippen LogP contribution >= 0.6 is 27.5 Å². The number of nitrogens with zero attached hydrogens (tertiary/aromatic N) is 4. The maximum Gasteiger partial charge on any atom is 0.226 e. The first-order valence-electron chi connectivity index (χ1n) is 3.40. The fraction of sp³-hybridized carbons (Fsp3) is 0.167. The van der Waals surface area contributed by atoms with E-state index in [-0.39, 0.29) is 11.1 Å². The normalized spacial score (nSPS) is 11.0. The van der Waals surface area contributed by atoms with Gasteiger partial charge in [0.15, 0.2) is 21.7 Å². The predicted octanol–water partition coefficient (Wildman–Crippen LogP) is 1.36. The molecule has 0 bridgehead atoms. The number of aromatic nitrogens is 4. The Morgan fingerprint density at radius 1 is 1.38 bits per heavy atom. The fourth-order valence-corrected chi connectivity index (χ4v) is 1.54. The van der Waals surface area contributed by atoms with Crippen LogP contribution in [0.15, 0.2) is 4.73 Å². The highest BCUT2D eigenvalue weighted by atomic mass is 79.9.